The number of sulfonamides is 1. The molecule has 34 heavy (non-hydrogen) atoms. The van der Waals surface area contributed by atoms with Crippen molar-refractivity contribution in [1.29, 1.82) is 0 Å². The summed E-state index contributed by atoms with van der Waals surface area (Å²) in [6.07, 6.45) is 0.581. The molecule has 4 aromatic rings. The molecule has 174 valence electrons. The van der Waals surface area contributed by atoms with Crippen molar-refractivity contribution in [2.45, 2.75) is 32.1 Å². The van der Waals surface area contributed by atoms with Crippen LogP contribution in [-0.4, -0.2) is 24.3 Å². The lowest BCUT2D eigenvalue weighted by atomic mass is 10.1. The van der Waals surface area contributed by atoms with E-state index in [4.69, 9.17) is 4.42 Å². The van der Waals surface area contributed by atoms with Gasteiger partial charge in [0.25, 0.3) is 15.9 Å². The molecule has 0 aliphatic rings. The number of nitrogens with one attached hydrogen (secondary N) is 2. The average Bonchev–Trinajstić information content (AvgIpc) is 3.23. The summed E-state index contributed by atoms with van der Waals surface area (Å²) in [4.78, 5) is 20.8. The fourth-order valence-electron chi connectivity index (χ4n) is 3.36. The van der Waals surface area contributed by atoms with Crippen molar-refractivity contribution in [1.82, 2.24) is 9.97 Å². The zero-order valence-electron chi connectivity index (χ0n) is 19.0. The fourth-order valence-corrected chi connectivity index (χ4v) is 4.31. The zero-order valence-corrected chi connectivity index (χ0v) is 19.8. The Balaban J connectivity index is 1.40. The van der Waals surface area contributed by atoms with Gasteiger partial charge in [-0.3, -0.25) is 4.79 Å². The predicted molar refractivity (Wildman–Crippen MR) is 129 cm³/mol. The predicted octanol–water partition coefficient (Wildman–Crippen LogP) is 4.64. The van der Waals surface area contributed by atoms with Gasteiger partial charge in [-0.15, -0.1) is 0 Å². The molecule has 2 aromatic heterocycles. The number of carbonyl (C=O) groups excluding carboxylic acids is 1. The summed E-state index contributed by atoms with van der Waals surface area (Å²) in [6, 6.07) is 19.0. The molecule has 8 nitrogen and oxygen atoms in total. The molecular weight excluding hydrogens is 452 g/mol. The number of anilines is 2. The van der Waals surface area contributed by atoms with E-state index < -0.39 is 15.9 Å². The lowest BCUT2D eigenvalue weighted by Crippen LogP contribution is -2.16. The third-order valence-corrected chi connectivity index (χ3v) is 6.36. The van der Waals surface area contributed by atoms with E-state index in [1.807, 2.05) is 31.2 Å². The summed E-state index contributed by atoms with van der Waals surface area (Å²) in [7, 11) is -3.88. The summed E-state index contributed by atoms with van der Waals surface area (Å²) in [5.41, 5.74) is 4.01. The van der Waals surface area contributed by atoms with Crippen LogP contribution in [0, 0.1) is 20.8 Å². The van der Waals surface area contributed by atoms with Gasteiger partial charge in [0.15, 0.2) is 5.76 Å². The van der Waals surface area contributed by atoms with Gasteiger partial charge in [-0.1, -0.05) is 29.8 Å². The molecular formula is C25H24N4O4S. The minimum Gasteiger partial charge on any atom is -0.456 e. The third kappa shape index (κ3) is 5.68. The largest absolute Gasteiger partial charge is 0.456 e. The van der Waals surface area contributed by atoms with Gasteiger partial charge in [-0.2, -0.15) is 0 Å². The minimum absolute atomic E-state index is 0.00846. The van der Waals surface area contributed by atoms with E-state index in [-0.39, 0.29) is 16.6 Å². The topological polar surface area (TPSA) is 114 Å². The van der Waals surface area contributed by atoms with E-state index in [1.54, 1.807) is 32.0 Å². The van der Waals surface area contributed by atoms with Crippen molar-refractivity contribution in [3.8, 4) is 0 Å². The van der Waals surface area contributed by atoms with Crippen molar-refractivity contribution >= 4 is 27.6 Å². The van der Waals surface area contributed by atoms with Crippen LogP contribution in [-0.2, 0) is 16.4 Å². The molecule has 0 saturated carbocycles. The average molecular weight is 477 g/mol. The number of amides is 1. The van der Waals surface area contributed by atoms with Crippen LogP contribution in [0.1, 0.15) is 38.8 Å². The van der Waals surface area contributed by atoms with Gasteiger partial charge >= 0.3 is 0 Å². The van der Waals surface area contributed by atoms with Crippen LogP contribution < -0.4 is 10.0 Å². The van der Waals surface area contributed by atoms with Crippen LogP contribution >= 0.6 is 0 Å². The first-order valence-electron chi connectivity index (χ1n) is 10.6. The molecule has 0 saturated heterocycles. The second-order valence-corrected chi connectivity index (χ2v) is 9.67. The van der Waals surface area contributed by atoms with E-state index in [2.05, 4.69) is 20.0 Å². The van der Waals surface area contributed by atoms with Gasteiger partial charge in [0.05, 0.1) is 4.90 Å². The maximum absolute atomic E-state index is 12.7. The monoisotopic (exact) mass is 476 g/mol. The molecule has 2 N–H and O–H groups in total. The van der Waals surface area contributed by atoms with Crippen molar-refractivity contribution in [3.63, 3.8) is 0 Å². The van der Waals surface area contributed by atoms with Crippen molar-refractivity contribution in [2.75, 3.05) is 10.0 Å². The number of rotatable bonds is 7. The van der Waals surface area contributed by atoms with Gasteiger partial charge in [-0.25, -0.2) is 23.1 Å². The third-order valence-electron chi connectivity index (χ3n) is 5.01. The molecule has 0 unspecified atom stereocenters. The summed E-state index contributed by atoms with van der Waals surface area (Å²) in [5, 5.41) is 2.71. The van der Waals surface area contributed by atoms with Crippen molar-refractivity contribution in [2.24, 2.45) is 0 Å². The van der Waals surface area contributed by atoms with Crippen molar-refractivity contribution in [3.05, 3.63) is 101 Å². The number of benzene rings is 2. The Bertz CT molecular complexity index is 1410. The Labute approximate surface area is 198 Å². The van der Waals surface area contributed by atoms with Gasteiger partial charge in [0.1, 0.15) is 5.76 Å². The van der Waals surface area contributed by atoms with Crippen LogP contribution in [0.4, 0.5) is 11.6 Å². The number of hydrogen-bond donors (Lipinski definition) is 2. The summed E-state index contributed by atoms with van der Waals surface area (Å²) < 4.78 is 33.4. The van der Waals surface area contributed by atoms with Gasteiger partial charge in [-0.05, 0) is 68.8 Å². The molecule has 4 rings (SSSR count). The van der Waals surface area contributed by atoms with Crippen LogP contribution in [0.25, 0.3) is 0 Å². The SMILES string of the molecule is Cc1ccc(Cc2ccc(C(=O)Nc3ccc(S(=O)(=O)Nc4nc(C)cc(C)n4)cc3)o2)cc1. The molecule has 0 aliphatic carbocycles. The van der Waals surface area contributed by atoms with Gasteiger partial charge in [0, 0.05) is 23.5 Å². The normalized spacial score (nSPS) is 11.3. The Hall–Kier alpha value is -3.98. The summed E-state index contributed by atoms with van der Waals surface area (Å²) >= 11 is 0. The number of aromatic nitrogens is 2. The van der Waals surface area contributed by atoms with E-state index in [0.717, 1.165) is 5.56 Å². The summed E-state index contributed by atoms with van der Waals surface area (Å²) in [6.45, 7) is 5.54. The highest BCUT2D eigenvalue weighted by atomic mass is 32.2. The highest BCUT2D eigenvalue weighted by Gasteiger charge is 2.17. The Kier molecular flexibility index (Phi) is 6.47. The minimum atomic E-state index is -3.88. The molecule has 0 radical (unpaired) electrons. The molecule has 0 bridgehead atoms. The molecule has 0 spiro atoms. The molecule has 2 aromatic carbocycles. The molecule has 2 heterocycles. The number of aryl methyl sites for hydroxylation is 3. The number of hydrogen-bond acceptors (Lipinski definition) is 6. The molecule has 0 atom stereocenters. The quantitative estimate of drug-likeness (QED) is 0.402. The Morgan fingerprint density at radius 1 is 0.882 bits per heavy atom. The van der Waals surface area contributed by atoms with Crippen LogP contribution in [0.3, 0.4) is 0 Å². The molecule has 0 fully saturated rings. The van der Waals surface area contributed by atoms with Crippen LogP contribution in [0.2, 0.25) is 0 Å². The highest BCUT2D eigenvalue weighted by molar-refractivity contribution is 7.92. The first-order chi connectivity index (χ1) is 16.2. The fraction of sp³-hybridized carbons (Fsp3) is 0.160. The highest BCUT2D eigenvalue weighted by Crippen LogP contribution is 2.19. The lowest BCUT2D eigenvalue weighted by Gasteiger charge is -2.09. The van der Waals surface area contributed by atoms with Gasteiger partial charge < -0.3 is 9.73 Å². The standard InChI is InChI=1S/C25H24N4O4S/c1-16-4-6-19(7-5-16)15-21-10-13-23(33-21)24(30)28-20-8-11-22(12-9-20)34(31,32)29-25-26-17(2)14-18(3)27-25/h4-14H,15H2,1-3H3,(H,28,30)(H,26,27,29). The first-order valence-corrected chi connectivity index (χ1v) is 12.1. The first kappa shape index (κ1) is 23.2. The number of carbonyl (C=O) groups is 1. The number of nitrogens with zero attached hydrogens (tertiary/aromatic N) is 2. The molecule has 0 aliphatic heterocycles. The van der Waals surface area contributed by atoms with Gasteiger partial charge in [0.2, 0.25) is 5.95 Å². The zero-order chi connectivity index (χ0) is 24.3. The van der Waals surface area contributed by atoms with E-state index in [9.17, 15) is 13.2 Å². The second kappa shape index (κ2) is 9.48. The van der Waals surface area contributed by atoms with Crippen molar-refractivity contribution < 1.29 is 17.6 Å². The molecule has 9 heteroatoms. The van der Waals surface area contributed by atoms with E-state index >= 15 is 0 Å². The maximum Gasteiger partial charge on any atom is 0.291 e. The lowest BCUT2D eigenvalue weighted by molar-refractivity contribution is 0.0995. The van der Waals surface area contributed by atoms with E-state index in [0.29, 0.717) is 29.3 Å². The number of furan rings is 1. The maximum atomic E-state index is 12.7. The van der Waals surface area contributed by atoms with Crippen LogP contribution in [0.5, 0.6) is 0 Å². The smallest absolute Gasteiger partial charge is 0.291 e. The van der Waals surface area contributed by atoms with E-state index in [1.165, 1.54) is 29.8 Å². The second-order valence-electron chi connectivity index (χ2n) is 7.99. The van der Waals surface area contributed by atoms with Crippen LogP contribution in [0.15, 0.2) is 76.0 Å². The summed E-state index contributed by atoms with van der Waals surface area (Å²) in [5.74, 6) is 0.434. The Morgan fingerprint density at radius 3 is 2.18 bits per heavy atom. The molecule has 1 amide bonds. The Morgan fingerprint density at radius 2 is 1.53 bits per heavy atom.